The maximum absolute atomic E-state index is 5.72. The maximum atomic E-state index is 5.72. The molecule has 0 aliphatic heterocycles. The van der Waals surface area contributed by atoms with E-state index in [0.29, 0.717) is 18.3 Å². The van der Waals surface area contributed by atoms with Gasteiger partial charge in [0.05, 0.1) is 12.0 Å². The molecule has 0 aliphatic carbocycles. The summed E-state index contributed by atoms with van der Waals surface area (Å²) in [5.41, 5.74) is 0.905. The van der Waals surface area contributed by atoms with Crippen LogP contribution in [0.5, 0.6) is 0 Å². The summed E-state index contributed by atoms with van der Waals surface area (Å²) in [5, 5.41) is 11.4. The van der Waals surface area contributed by atoms with Crippen LogP contribution in [0.1, 0.15) is 38.1 Å². The van der Waals surface area contributed by atoms with E-state index in [1.165, 1.54) is 5.56 Å². The van der Waals surface area contributed by atoms with Gasteiger partial charge in [0.25, 0.3) is 0 Å². The molecule has 2 rings (SSSR count). The van der Waals surface area contributed by atoms with Gasteiger partial charge in [-0.1, -0.05) is 37.3 Å². The van der Waals surface area contributed by atoms with Crippen molar-refractivity contribution in [2.24, 2.45) is 0 Å². The van der Waals surface area contributed by atoms with Gasteiger partial charge in [-0.3, -0.25) is 0 Å². The van der Waals surface area contributed by atoms with Crippen molar-refractivity contribution in [3.63, 3.8) is 0 Å². The van der Waals surface area contributed by atoms with Crippen LogP contribution >= 0.6 is 0 Å². The highest BCUT2D eigenvalue weighted by atomic mass is 16.4. The van der Waals surface area contributed by atoms with E-state index in [1.54, 1.807) is 0 Å². The van der Waals surface area contributed by atoms with Gasteiger partial charge in [0.2, 0.25) is 11.8 Å². The Morgan fingerprint density at radius 1 is 1.17 bits per heavy atom. The Labute approximate surface area is 107 Å². The van der Waals surface area contributed by atoms with E-state index < -0.39 is 0 Å². The smallest absolute Gasteiger partial charge is 0.230 e. The molecule has 1 aromatic carbocycles. The first-order valence-corrected chi connectivity index (χ1v) is 6.23. The minimum atomic E-state index is -0.265. The molecule has 1 aromatic heterocycles. The van der Waals surface area contributed by atoms with Gasteiger partial charge in [-0.2, -0.15) is 0 Å². The van der Waals surface area contributed by atoms with E-state index in [9.17, 15) is 0 Å². The second-order valence-electron chi connectivity index (χ2n) is 4.77. The molecule has 0 saturated heterocycles. The van der Waals surface area contributed by atoms with Crippen molar-refractivity contribution in [1.29, 1.82) is 0 Å². The first-order chi connectivity index (χ1) is 8.64. The molecule has 4 heteroatoms. The molecular weight excluding hydrogens is 226 g/mol. The van der Waals surface area contributed by atoms with E-state index >= 15 is 0 Å². The van der Waals surface area contributed by atoms with Crippen LogP contribution in [0.4, 0.5) is 0 Å². The van der Waals surface area contributed by atoms with Crippen molar-refractivity contribution in [2.75, 3.05) is 6.54 Å². The van der Waals surface area contributed by atoms with E-state index in [-0.39, 0.29) is 5.41 Å². The topological polar surface area (TPSA) is 51.0 Å². The average Bonchev–Trinajstić information content (AvgIpc) is 2.87. The standard InChI is InChI=1S/C14H19N3O/c1-4-15-10-12-16-17-13(18-12)14(2,3)11-8-6-5-7-9-11/h5-9,15H,4,10H2,1-3H3. The van der Waals surface area contributed by atoms with Crippen molar-refractivity contribution < 1.29 is 4.42 Å². The molecule has 96 valence electrons. The van der Waals surface area contributed by atoms with Gasteiger partial charge in [0.15, 0.2) is 0 Å². The Morgan fingerprint density at radius 2 is 1.89 bits per heavy atom. The molecular formula is C14H19N3O. The predicted octanol–water partition coefficient (Wildman–Crippen LogP) is 2.51. The number of aromatic nitrogens is 2. The van der Waals surface area contributed by atoms with Crippen LogP contribution in [0.25, 0.3) is 0 Å². The lowest BCUT2D eigenvalue weighted by Crippen LogP contribution is -2.19. The number of nitrogens with zero attached hydrogens (tertiary/aromatic N) is 2. The zero-order valence-electron chi connectivity index (χ0n) is 11.1. The second-order valence-corrected chi connectivity index (χ2v) is 4.77. The molecule has 1 N–H and O–H groups in total. The molecule has 0 bridgehead atoms. The zero-order chi connectivity index (χ0) is 13.0. The molecule has 0 spiro atoms. The van der Waals surface area contributed by atoms with Gasteiger partial charge in [-0.05, 0) is 26.0 Å². The fourth-order valence-corrected chi connectivity index (χ4v) is 1.79. The Balaban J connectivity index is 2.22. The lowest BCUT2D eigenvalue weighted by molar-refractivity contribution is 0.380. The first kappa shape index (κ1) is 12.8. The van der Waals surface area contributed by atoms with Crippen molar-refractivity contribution in [2.45, 2.75) is 32.7 Å². The van der Waals surface area contributed by atoms with Crippen molar-refractivity contribution in [3.8, 4) is 0 Å². The molecule has 0 saturated carbocycles. The Hall–Kier alpha value is -1.68. The summed E-state index contributed by atoms with van der Waals surface area (Å²) in [6.07, 6.45) is 0. The fraction of sp³-hybridized carbons (Fsp3) is 0.429. The van der Waals surface area contributed by atoms with E-state index in [2.05, 4.69) is 41.5 Å². The molecule has 0 radical (unpaired) electrons. The number of rotatable bonds is 5. The van der Waals surface area contributed by atoms with Crippen molar-refractivity contribution in [1.82, 2.24) is 15.5 Å². The van der Waals surface area contributed by atoms with E-state index in [4.69, 9.17) is 4.42 Å². The van der Waals surface area contributed by atoms with Gasteiger partial charge >= 0.3 is 0 Å². The van der Waals surface area contributed by atoms with Crippen LogP contribution in [0.3, 0.4) is 0 Å². The van der Waals surface area contributed by atoms with Crippen molar-refractivity contribution in [3.05, 3.63) is 47.7 Å². The van der Waals surface area contributed by atoms with Crippen LogP contribution < -0.4 is 5.32 Å². The van der Waals surface area contributed by atoms with Gasteiger partial charge in [0.1, 0.15) is 0 Å². The summed E-state index contributed by atoms with van der Waals surface area (Å²) in [7, 11) is 0. The maximum Gasteiger partial charge on any atom is 0.230 e. The second kappa shape index (κ2) is 5.31. The van der Waals surface area contributed by atoms with Crippen LogP contribution in [0.15, 0.2) is 34.7 Å². The lowest BCUT2D eigenvalue weighted by Gasteiger charge is -2.20. The number of benzene rings is 1. The SMILES string of the molecule is CCNCc1nnc(C(C)(C)c2ccccc2)o1. The molecule has 0 atom stereocenters. The molecule has 0 aliphatic rings. The summed E-state index contributed by atoms with van der Waals surface area (Å²) < 4.78 is 5.72. The molecule has 2 aromatic rings. The summed E-state index contributed by atoms with van der Waals surface area (Å²) in [5.74, 6) is 1.29. The van der Waals surface area contributed by atoms with Gasteiger partial charge in [-0.15, -0.1) is 10.2 Å². The average molecular weight is 245 g/mol. The molecule has 0 unspecified atom stereocenters. The first-order valence-electron chi connectivity index (χ1n) is 6.23. The summed E-state index contributed by atoms with van der Waals surface area (Å²) in [6, 6.07) is 10.2. The van der Waals surface area contributed by atoms with Gasteiger partial charge < -0.3 is 9.73 Å². The Kier molecular flexibility index (Phi) is 3.77. The molecule has 0 amide bonds. The van der Waals surface area contributed by atoms with Gasteiger partial charge in [-0.25, -0.2) is 0 Å². The largest absolute Gasteiger partial charge is 0.423 e. The van der Waals surface area contributed by atoms with Crippen LogP contribution in [-0.2, 0) is 12.0 Å². The third kappa shape index (κ3) is 2.59. The Bertz CT molecular complexity index is 491. The number of nitrogens with one attached hydrogen (secondary N) is 1. The number of hydrogen-bond acceptors (Lipinski definition) is 4. The zero-order valence-corrected chi connectivity index (χ0v) is 11.1. The summed E-state index contributed by atoms with van der Waals surface area (Å²) in [4.78, 5) is 0. The highest BCUT2D eigenvalue weighted by Crippen LogP contribution is 2.29. The summed E-state index contributed by atoms with van der Waals surface area (Å²) in [6.45, 7) is 7.74. The molecule has 18 heavy (non-hydrogen) atoms. The Morgan fingerprint density at radius 3 is 2.56 bits per heavy atom. The summed E-state index contributed by atoms with van der Waals surface area (Å²) >= 11 is 0. The highest BCUT2D eigenvalue weighted by Gasteiger charge is 2.29. The quantitative estimate of drug-likeness (QED) is 0.879. The third-order valence-corrected chi connectivity index (χ3v) is 3.02. The molecule has 1 heterocycles. The number of hydrogen-bond donors (Lipinski definition) is 1. The predicted molar refractivity (Wildman–Crippen MR) is 70.2 cm³/mol. The fourth-order valence-electron chi connectivity index (χ4n) is 1.79. The normalized spacial score (nSPS) is 11.7. The third-order valence-electron chi connectivity index (χ3n) is 3.02. The van der Waals surface area contributed by atoms with Crippen LogP contribution in [-0.4, -0.2) is 16.7 Å². The van der Waals surface area contributed by atoms with Crippen molar-refractivity contribution >= 4 is 0 Å². The van der Waals surface area contributed by atoms with Crippen LogP contribution in [0, 0.1) is 0 Å². The molecule has 0 fully saturated rings. The molecule has 4 nitrogen and oxygen atoms in total. The highest BCUT2D eigenvalue weighted by molar-refractivity contribution is 5.29. The minimum Gasteiger partial charge on any atom is -0.423 e. The van der Waals surface area contributed by atoms with Crippen LogP contribution in [0.2, 0.25) is 0 Å². The lowest BCUT2D eigenvalue weighted by atomic mass is 9.85. The van der Waals surface area contributed by atoms with Gasteiger partial charge in [0, 0.05) is 0 Å². The monoisotopic (exact) mass is 245 g/mol. The minimum absolute atomic E-state index is 0.265. The van der Waals surface area contributed by atoms with E-state index in [1.807, 2.05) is 25.1 Å². The van der Waals surface area contributed by atoms with E-state index in [0.717, 1.165) is 6.54 Å².